The van der Waals surface area contributed by atoms with Gasteiger partial charge in [0.25, 0.3) is 0 Å². The number of carbonyl (C=O) groups is 1. The van der Waals surface area contributed by atoms with E-state index in [-0.39, 0.29) is 11.9 Å². The summed E-state index contributed by atoms with van der Waals surface area (Å²) in [5, 5.41) is 6.17. The third-order valence-corrected chi connectivity index (χ3v) is 3.49. The summed E-state index contributed by atoms with van der Waals surface area (Å²) in [7, 11) is 0. The smallest absolute Gasteiger partial charge is 0.241 e. The van der Waals surface area contributed by atoms with E-state index in [4.69, 9.17) is 0 Å². The number of aryl methyl sites for hydroxylation is 1. The van der Waals surface area contributed by atoms with E-state index in [1.54, 1.807) is 0 Å². The number of anilines is 1. The van der Waals surface area contributed by atoms with Gasteiger partial charge in [-0.1, -0.05) is 0 Å². The molecule has 0 saturated carbocycles. The van der Waals surface area contributed by atoms with Crippen LogP contribution in [0.2, 0.25) is 0 Å². The van der Waals surface area contributed by atoms with E-state index in [9.17, 15) is 4.79 Å². The molecule has 1 saturated heterocycles. The normalized spacial score (nSPS) is 19.8. The Morgan fingerprint density at radius 3 is 3.00 bits per heavy atom. The summed E-state index contributed by atoms with van der Waals surface area (Å²) >= 11 is 2.27. The summed E-state index contributed by atoms with van der Waals surface area (Å²) in [6.45, 7) is 2.96. The lowest BCUT2D eigenvalue weighted by Crippen LogP contribution is -2.35. The second-order valence-corrected chi connectivity index (χ2v) is 5.34. The van der Waals surface area contributed by atoms with Crippen molar-refractivity contribution in [2.24, 2.45) is 0 Å². The quantitative estimate of drug-likeness (QED) is 0.817. The molecule has 1 aliphatic heterocycles. The zero-order valence-corrected chi connectivity index (χ0v) is 11.4. The molecule has 0 spiro atoms. The van der Waals surface area contributed by atoms with Crippen LogP contribution >= 0.6 is 22.6 Å². The van der Waals surface area contributed by atoms with Gasteiger partial charge in [-0.15, -0.1) is 0 Å². The third kappa shape index (κ3) is 2.74. The lowest BCUT2D eigenvalue weighted by molar-refractivity contribution is -0.117. The molecule has 1 aliphatic rings. The number of nitrogens with one attached hydrogen (secondary N) is 2. The molecular weight excluding hydrogens is 315 g/mol. The van der Waals surface area contributed by atoms with Crippen LogP contribution < -0.4 is 10.6 Å². The van der Waals surface area contributed by atoms with E-state index in [0.29, 0.717) is 0 Å². The predicted molar refractivity (Wildman–Crippen MR) is 73.6 cm³/mol. The maximum Gasteiger partial charge on any atom is 0.241 e. The van der Waals surface area contributed by atoms with Gasteiger partial charge in [0, 0.05) is 9.26 Å². The highest BCUT2D eigenvalue weighted by Crippen LogP contribution is 2.18. The van der Waals surface area contributed by atoms with Crippen LogP contribution in [-0.4, -0.2) is 18.5 Å². The molecule has 1 heterocycles. The maximum absolute atomic E-state index is 11.9. The first-order valence-corrected chi connectivity index (χ1v) is 6.55. The van der Waals surface area contributed by atoms with Gasteiger partial charge in [0.1, 0.15) is 0 Å². The monoisotopic (exact) mass is 330 g/mol. The van der Waals surface area contributed by atoms with Crippen LogP contribution in [0.15, 0.2) is 18.2 Å². The van der Waals surface area contributed by atoms with Gasteiger partial charge in [0.2, 0.25) is 5.91 Å². The number of amides is 1. The first-order chi connectivity index (χ1) is 7.66. The van der Waals surface area contributed by atoms with Crippen LogP contribution in [0, 0.1) is 10.5 Å². The fraction of sp³-hybridized carbons (Fsp3) is 0.417. The van der Waals surface area contributed by atoms with Gasteiger partial charge in [-0.25, -0.2) is 0 Å². The Labute approximate surface area is 109 Å². The molecule has 0 bridgehead atoms. The highest BCUT2D eigenvalue weighted by molar-refractivity contribution is 14.1. The number of hydrogen-bond donors (Lipinski definition) is 2. The Balaban J connectivity index is 2.05. The lowest BCUT2D eigenvalue weighted by Gasteiger charge is -2.13. The number of halogens is 1. The zero-order chi connectivity index (χ0) is 11.5. The molecule has 1 amide bonds. The van der Waals surface area contributed by atoms with E-state index in [1.165, 1.54) is 3.57 Å². The van der Waals surface area contributed by atoms with Crippen molar-refractivity contribution in [1.82, 2.24) is 5.32 Å². The first kappa shape index (κ1) is 11.9. The molecule has 2 rings (SSSR count). The molecular formula is C12H15IN2O. The molecule has 0 radical (unpaired) electrons. The Morgan fingerprint density at radius 2 is 2.38 bits per heavy atom. The Morgan fingerprint density at radius 1 is 1.56 bits per heavy atom. The predicted octanol–water partition coefficient (Wildman–Crippen LogP) is 2.29. The van der Waals surface area contributed by atoms with Gasteiger partial charge in [0.15, 0.2) is 0 Å². The van der Waals surface area contributed by atoms with Crippen molar-refractivity contribution in [3.63, 3.8) is 0 Å². The van der Waals surface area contributed by atoms with Crippen LogP contribution in [0.1, 0.15) is 18.4 Å². The van der Waals surface area contributed by atoms with Crippen molar-refractivity contribution in [3.05, 3.63) is 27.3 Å². The highest BCUT2D eigenvalue weighted by Gasteiger charge is 2.22. The molecule has 1 unspecified atom stereocenters. The Kier molecular flexibility index (Phi) is 3.81. The summed E-state index contributed by atoms with van der Waals surface area (Å²) in [4.78, 5) is 11.9. The van der Waals surface area contributed by atoms with E-state index in [0.717, 1.165) is 30.6 Å². The molecule has 3 nitrogen and oxygen atoms in total. The molecule has 0 aromatic heterocycles. The maximum atomic E-state index is 11.9. The van der Waals surface area contributed by atoms with Crippen LogP contribution in [0.25, 0.3) is 0 Å². The van der Waals surface area contributed by atoms with Gasteiger partial charge >= 0.3 is 0 Å². The van der Waals surface area contributed by atoms with E-state index >= 15 is 0 Å². The summed E-state index contributed by atoms with van der Waals surface area (Å²) in [5.41, 5.74) is 2.03. The molecule has 0 aliphatic carbocycles. The van der Waals surface area contributed by atoms with Crippen molar-refractivity contribution in [1.29, 1.82) is 0 Å². The second kappa shape index (κ2) is 5.14. The summed E-state index contributed by atoms with van der Waals surface area (Å²) in [6, 6.07) is 6.02. The van der Waals surface area contributed by atoms with Crippen LogP contribution in [-0.2, 0) is 4.79 Å². The van der Waals surface area contributed by atoms with Crippen molar-refractivity contribution < 1.29 is 4.79 Å². The molecule has 1 fully saturated rings. The molecule has 1 aromatic carbocycles. The zero-order valence-electron chi connectivity index (χ0n) is 9.22. The fourth-order valence-corrected chi connectivity index (χ4v) is 2.54. The summed E-state index contributed by atoms with van der Waals surface area (Å²) in [5.74, 6) is 0.0850. The van der Waals surface area contributed by atoms with Crippen LogP contribution in [0.3, 0.4) is 0 Å². The van der Waals surface area contributed by atoms with Crippen molar-refractivity contribution in [3.8, 4) is 0 Å². The van der Waals surface area contributed by atoms with Crippen molar-refractivity contribution in [2.45, 2.75) is 25.8 Å². The van der Waals surface area contributed by atoms with Crippen LogP contribution in [0.4, 0.5) is 5.69 Å². The molecule has 86 valence electrons. The molecule has 1 atom stereocenters. The van der Waals surface area contributed by atoms with Crippen molar-refractivity contribution >= 4 is 34.2 Å². The average Bonchev–Trinajstić information content (AvgIpc) is 2.75. The molecule has 4 heteroatoms. The third-order valence-electron chi connectivity index (χ3n) is 2.82. The summed E-state index contributed by atoms with van der Waals surface area (Å²) < 4.78 is 1.19. The second-order valence-electron chi connectivity index (χ2n) is 4.10. The number of benzene rings is 1. The average molecular weight is 330 g/mol. The van der Waals surface area contributed by atoms with Gasteiger partial charge in [0.05, 0.1) is 6.04 Å². The standard InChI is InChI=1S/C12H15IN2O/c1-8-7-9(13)4-5-10(8)15-12(16)11-3-2-6-14-11/h4-5,7,11,14H,2-3,6H2,1H3,(H,15,16). The van der Waals surface area contributed by atoms with Gasteiger partial charge < -0.3 is 10.6 Å². The number of carbonyl (C=O) groups excluding carboxylic acids is 1. The van der Waals surface area contributed by atoms with Gasteiger partial charge in [-0.2, -0.15) is 0 Å². The number of hydrogen-bond acceptors (Lipinski definition) is 2. The van der Waals surface area contributed by atoms with Gasteiger partial charge in [-0.3, -0.25) is 4.79 Å². The molecule has 2 N–H and O–H groups in total. The first-order valence-electron chi connectivity index (χ1n) is 5.47. The number of rotatable bonds is 2. The minimum atomic E-state index is -0.0151. The van der Waals surface area contributed by atoms with E-state index in [2.05, 4.69) is 39.3 Å². The molecule has 1 aromatic rings. The van der Waals surface area contributed by atoms with Gasteiger partial charge in [-0.05, 0) is 72.7 Å². The van der Waals surface area contributed by atoms with Crippen LogP contribution in [0.5, 0.6) is 0 Å². The lowest BCUT2D eigenvalue weighted by atomic mass is 10.1. The largest absolute Gasteiger partial charge is 0.324 e. The van der Waals surface area contributed by atoms with Crippen molar-refractivity contribution in [2.75, 3.05) is 11.9 Å². The van der Waals surface area contributed by atoms with E-state index in [1.807, 2.05) is 19.1 Å². The Bertz CT molecular complexity index is 400. The Hall–Kier alpha value is -0.620. The topological polar surface area (TPSA) is 41.1 Å². The highest BCUT2D eigenvalue weighted by atomic mass is 127. The summed E-state index contributed by atoms with van der Waals surface area (Å²) in [6.07, 6.45) is 2.03. The fourth-order valence-electron chi connectivity index (χ4n) is 1.90. The molecule has 16 heavy (non-hydrogen) atoms. The van der Waals surface area contributed by atoms with E-state index < -0.39 is 0 Å². The minimum Gasteiger partial charge on any atom is -0.324 e. The minimum absolute atomic E-state index is 0.0151. The SMILES string of the molecule is Cc1cc(I)ccc1NC(=O)C1CCCN1.